The van der Waals surface area contributed by atoms with Crippen molar-refractivity contribution >= 4 is 11.9 Å². The lowest BCUT2D eigenvalue weighted by Gasteiger charge is -2.27. The standard InChI is InChI=1S/C18H23NO5/c1-12(17(20)19-13-7-3-2-4-8-13)23-18(21)16-11-22-14-9-5-6-10-15(14)24-16/h5-6,9-10,12-13,16H,2-4,7-8,11H2,1H3,(H,19,20)/t12-,16-/m1/s1. The van der Waals surface area contributed by atoms with Crippen molar-refractivity contribution in [2.45, 2.75) is 57.3 Å². The molecule has 0 spiro atoms. The zero-order valence-corrected chi connectivity index (χ0v) is 13.8. The summed E-state index contributed by atoms with van der Waals surface area (Å²) in [4.78, 5) is 24.4. The van der Waals surface area contributed by atoms with Crippen molar-refractivity contribution in [3.8, 4) is 11.5 Å². The number of esters is 1. The second-order valence-electron chi connectivity index (χ2n) is 6.29. The van der Waals surface area contributed by atoms with Crippen molar-refractivity contribution in [3.05, 3.63) is 24.3 Å². The average Bonchev–Trinajstić information content (AvgIpc) is 2.62. The predicted octanol–water partition coefficient (Wildman–Crippen LogP) is 2.21. The molecular formula is C18H23NO5. The van der Waals surface area contributed by atoms with E-state index in [0.717, 1.165) is 25.7 Å². The Kier molecular flexibility index (Phi) is 5.23. The number of amides is 1. The highest BCUT2D eigenvalue weighted by Crippen LogP contribution is 2.31. The molecule has 6 heteroatoms. The Morgan fingerprint density at radius 1 is 1.17 bits per heavy atom. The van der Waals surface area contributed by atoms with Crippen molar-refractivity contribution in [2.24, 2.45) is 0 Å². The summed E-state index contributed by atoms with van der Waals surface area (Å²) in [5, 5.41) is 2.95. The van der Waals surface area contributed by atoms with Crippen LogP contribution in [0.25, 0.3) is 0 Å². The van der Waals surface area contributed by atoms with Gasteiger partial charge in [0, 0.05) is 6.04 Å². The third-order valence-electron chi connectivity index (χ3n) is 4.39. The lowest BCUT2D eigenvalue weighted by atomic mass is 9.95. The van der Waals surface area contributed by atoms with Gasteiger partial charge in [-0.15, -0.1) is 0 Å². The molecule has 1 N–H and O–H groups in total. The van der Waals surface area contributed by atoms with Crippen LogP contribution in [0.4, 0.5) is 0 Å². The van der Waals surface area contributed by atoms with E-state index >= 15 is 0 Å². The molecule has 1 aliphatic carbocycles. The quantitative estimate of drug-likeness (QED) is 0.855. The highest BCUT2D eigenvalue weighted by atomic mass is 16.6. The van der Waals surface area contributed by atoms with Gasteiger partial charge >= 0.3 is 5.97 Å². The lowest BCUT2D eigenvalue weighted by Crippen LogP contribution is -2.45. The van der Waals surface area contributed by atoms with Gasteiger partial charge in [0.15, 0.2) is 17.6 Å². The van der Waals surface area contributed by atoms with Crippen LogP contribution in [0.2, 0.25) is 0 Å². The smallest absolute Gasteiger partial charge is 0.351 e. The van der Waals surface area contributed by atoms with Gasteiger partial charge in [0.05, 0.1) is 0 Å². The Bertz CT molecular complexity index is 597. The summed E-state index contributed by atoms with van der Waals surface area (Å²) in [5.74, 6) is 0.262. The summed E-state index contributed by atoms with van der Waals surface area (Å²) in [5.41, 5.74) is 0. The molecule has 1 amide bonds. The van der Waals surface area contributed by atoms with E-state index < -0.39 is 18.2 Å². The van der Waals surface area contributed by atoms with Crippen molar-refractivity contribution in [2.75, 3.05) is 6.61 Å². The van der Waals surface area contributed by atoms with Crippen LogP contribution >= 0.6 is 0 Å². The van der Waals surface area contributed by atoms with Gasteiger partial charge < -0.3 is 19.5 Å². The molecule has 1 heterocycles. The molecule has 1 aromatic rings. The molecule has 0 unspecified atom stereocenters. The lowest BCUT2D eigenvalue weighted by molar-refractivity contribution is -0.163. The fourth-order valence-corrected chi connectivity index (χ4v) is 3.00. The van der Waals surface area contributed by atoms with E-state index in [-0.39, 0.29) is 18.6 Å². The van der Waals surface area contributed by atoms with Crippen LogP contribution in [0.1, 0.15) is 39.0 Å². The number of hydrogen-bond acceptors (Lipinski definition) is 5. The molecule has 0 saturated heterocycles. The first-order valence-corrected chi connectivity index (χ1v) is 8.53. The first kappa shape index (κ1) is 16.6. The number of hydrogen-bond donors (Lipinski definition) is 1. The van der Waals surface area contributed by atoms with E-state index in [1.807, 2.05) is 6.07 Å². The topological polar surface area (TPSA) is 73.9 Å². The van der Waals surface area contributed by atoms with E-state index in [0.29, 0.717) is 11.5 Å². The van der Waals surface area contributed by atoms with Crippen molar-refractivity contribution in [1.82, 2.24) is 5.32 Å². The molecule has 1 aliphatic heterocycles. The van der Waals surface area contributed by atoms with Gasteiger partial charge in [-0.05, 0) is 31.9 Å². The van der Waals surface area contributed by atoms with Crippen molar-refractivity contribution in [3.63, 3.8) is 0 Å². The molecule has 0 aromatic heterocycles. The Balaban J connectivity index is 1.50. The number of fused-ring (bicyclic) bond motifs is 1. The van der Waals surface area contributed by atoms with Crippen LogP contribution in [-0.2, 0) is 14.3 Å². The van der Waals surface area contributed by atoms with Gasteiger partial charge in [-0.1, -0.05) is 31.4 Å². The highest BCUT2D eigenvalue weighted by molar-refractivity contribution is 5.85. The summed E-state index contributed by atoms with van der Waals surface area (Å²) in [6, 6.07) is 7.33. The number of rotatable bonds is 4. The Morgan fingerprint density at radius 2 is 1.88 bits per heavy atom. The van der Waals surface area contributed by atoms with Crippen LogP contribution in [0.3, 0.4) is 0 Å². The number of ether oxygens (including phenoxy) is 3. The second kappa shape index (κ2) is 7.55. The molecule has 1 fully saturated rings. The minimum absolute atomic E-state index is 0.0762. The Hall–Kier alpha value is -2.24. The molecule has 2 aliphatic rings. The normalized spacial score (nSPS) is 21.6. The van der Waals surface area contributed by atoms with Crippen LogP contribution in [-0.4, -0.2) is 36.7 Å². The third kappa shape index (κ3) is 3.99. The molecule has 1 aromatic carbocycles. The molecule has 24 heavy (non-hydrogen) atoms. The first-order chi connectivity index (χ1) is 11.6. The number of benzene rings is 1. The maximum Gasteiger partial charge on any atom is 0.351 e. The number of para-hydroxylation sites is 2. The maximum absolute atomic E-state index is 12.2. The SMILES string of the molecule is C[C@@H](OC(=O)[C@H]1COc2ccccc2O1)C(=O)NC1CCCCC1. The van der Waals surface area contributed by atoms with Gasteiger partial charge in [0.25, 0.3) is 5.91 Å². The summed E-state index contributed by atoms with van der Waals surface area (Å²) in [6.45, 7) is 1.65. The van der Waals surface area contributed by atoms with Gasteiger partial charge in [-0.25, -0.2) is 4.79 Å². The van der Waals surface area contributed by atoms with Crippen LogP contribution in [0, 0.1) is 0 Å². The van der Waals surface area contributed by atoms with E-state index in [2.05, 4.69) is 5.32 Å². The summed E-state index contributed by atoms with van der Waals surface area (Å²) >= 11 is 0. The van der Waals surface area contributed by atoms with E-state index in [1.165, 1.54) is 6.42 Å². The van der Waals surface area contributed by atoms with E-state index in [9.17, 15) is 9.59 Å². The molecule has 1 saturated carbocycles. The molecule has 130 valence electrons. The number of nitrogens with one attached hydrogen (secondary N) is 1. The monoisotopic (exact) mass is 333 g/mol. The summed E-state index contributed by atoms with van der Waals surface area (Å²) in [7, 11) is 0. The van der Waals surface area contributed by atoms with Crippen LogP contribution in [0.15, 0.2) is 24.3 Å². The molecular weight excluding hydrogens is 310 g/mol. The summed E-state index contributed by atoms with van der Waals surface area (Å²) < 4.78 is 16.3. The van der Waals surface area contributed by atoms with Crippen LogP contribution in [0.5, 0.6) is 11.5 Å². The minimum atomic E-state index is -0.857. The van der Waals surface area contributed by atoms with E-state index in [1.54, 1.807) is 25.1 Å². The molecule has 3 rings (SSSR count). The first-order valence-electron chi connectivity index (χ1n) is 8.53. The van der Waals surface area contributed by atoms with Crippen molar-refractivity contribution < 1.29 is 23.8 Å². The van der Waals surface area contributed by atoms with Crippen molar-refractivity contribution in [1.29, 1.82) is 0 Å². The molecule has 6 nitrogen and oxygen atoms in total. The molecule has 2 atom stereocenters. The van der Waals surface area contributed by atoms with Gasteiger partial charge in [0.1, 0.15) is 6.61 Å². The fourth-order valence-electron chi connectivity index (χ4n) is 3.00. The van der Waals surface area contributed by atoms with E-state index in [4.69, 9.17) is 14.2 Å². The highest BCUT2D eigenvalue weighted by Gasteiger charge is 2.31. The number of carbonyl (C=O) groups excluding carboxylic acids is 2. The molecule has 0 bridgehead atoms. The Labute approximate surface area is 141 Å². The molecule has 0 radical (unpaired) electrons. The van der Waals surface area contributed by atoms with Gasteiger partial charge in [-0.2, -0.15) is 0 Å². The average molecular weight is 333 g/mol. The Morgan fingerprint density at radius 3 is 2.62 bits per heavy atom. The van der Waals surface area contributed by atoms with Gasteiger partial charge in [-0.3, -0.25) is 4.79 Å². The second-order valence-corrected chi connectivity index (χ2v) is 6.29. The zero-order chi connectivity index (χ0) is 16.9. The predicted molar refractivity (Wildman–Crippen MR) is 86.9 cm³/mol. The maximum atomic E-state index is 12.2. The number of carbonyl (C=O) groups is 2. The zero-order valence-electron chi connectivity index (χ0n) is 13.8. The van der Waals surface area contributed by atoms with Crippen LogP contribution < -0.4 is 14.8 Å². The van der Waals surface area contributed by atoms with Gasteiger partial charge in [0.2, 0.25) is 6.10 Å². The largest absolute Gasteiger partial charge is 0.485 e. The summed E-state index contributed by atoms with van der Waals surface area (Å²) in [6.07, 6.45) is 3.76. The third-order valence-corrected chi connectivity index (χ3v) is 4.39. The minimum Gasteiger partial charge on any atom is -0.485 e. The fraction of sp³-hybridized carbons (Fsp3) is 0.556.